The van der Waals surface area contributed by atoms with Gasteiger partial charge in [0.05, 0.1) is 6.20 Å². The third-order valence-electron chi connectivity index (χ3n) is 5.25. The van der Waals surface area contributed by atoms with E-state index in [1.165, 1.54) is 0 Å². The maximum Gasteiger partial charge on any atom is 0.263 e. The molecule has 0 fully saturated rings. The first-order valence-electron chi connectivity index (χ1n) is 8.60. The second kappa shape index (κ2) is 6.43. The summed E-state index contributed by atoms with van der Waals surface area (Å²) >= 11 is 0. The van der Waals surface area contributed by atoms with Gasteiger partial charge in [0, 0.05) is 24.7 Å². The number of phenols is 1. The van der Waals surface area contributed by atoms with E-state index < -0.39 is 5.60 Å². The summed E-state index contributed by atoms with van der Waals surface area (Å²) in [7, 11) is 0. The number of benzene rings is 1. The van der Waals surface area contributed by atoms with E-state index in [9.17, 15) is 9.90 Å². The monoisotopic (exact) mass is 343 g/mol. The molecule has 134 valence electrons. The predicted molar refractivity (Wildman–Crippen MR) is 95.0 cm³/mol. The zero-order chi connectivity index (χ0) is 18.2. The van der Waals surface area contributed by atoms with E-state index in [0.717, 1.165) is 40.0 Å². The first-order chi connectivity index (χ1) is 11.8. The van der Waals surface area contributed by atoms with Crippen molar-refractivity contribution in [1.29, 1.82) is 0 Å². The van der Waals surface area contributed by atoms with Gasteiger partial charge in [0.2, 0.25) is 0 Å². The minimum atomic E-state index is -0.899. The Labute approximate surface area is 147 Å². The molecule has 0 radical (unpaired) electrons. The highest BCUT2D eigenvalue weighted by atomic mass is 16.5. The maximum atomic E-state index is 12.7. The molecular weight excluding hydrogens is 318 g/mol. The largest absolute Gasteiger partial charge is 0.507 e. The van der Waals surface area contributed by atoms with Crippen LogP contribution in [0.2, 0.25) is 0 Å². The molecule has 1 aromatic heterocycles. The first-order valence-corrected chi connectivity index (χ1v) is 8.60. The molecule has 3 rings (SSSR count). The quantitative estimate of drug-likeness (QED) is 0.796. The van der Waals surface area contributed by atoms with Gasteiger partial charge in [0.25, 0.3) is 5.91 Å². The van der Waals surface area contributed by atoms with Crippen molar-refractivity contribution in [2.45, 2.75) is 52.6 Å². The average molecular weight is 343 g/mol. The summed E-state index contributed by atoms with van der Waals surface area (Å²) in [5.74, 6) is 0.962. The van der Waals surface area contributed by atoms with Crippen LogP contribution in [-0.4, -0.2) is 33.4 Å². The number of hydrogen-bond donors (Lipinski definition) is 3. The molecular formula is C19H25N3O3. The molecule has 2 heterocycles. The average Bonchev–Trinajstić information content (AvgIpc) is 3.11. The molecule has 0 aliphatic carbocycles. The summed E-state index contributed by atoms with van der Waals surface area (Å²) in [4.78, 5) is 12.7. The normalized spacial score (nSPS) is 19.2. The van der Waals surface area contributed by atoms with Crippen LogP contribution in [0.4, 0.5) is 0 Å². The van der Waals surface area contributed by atoms with Crippen LogP contribution in [0.3, 0.4) is 0 Å². The number of rotatable bonds is 4. The van der Waals surface area contributed by atoms with E-state index in [1.807, 2.05) is 33.9 Å². The molecule has 1 aliphatic heterocycles. The van der Waals surface area contributed by atoms with Crippen molar-refractivity contribution >= 4 is 5.91 Å². The van der Waals surface area contributed by atoms with E-state index in [4.69, 9.17) is 4.74 Å². The van der Waals surface area contributed by atoms with E-state index in [0.29, 0.717) is 25.1 Å². The van der Waals surface area contributed by atoms with E-state index in [2.05, 4.69) is 15.5 Å². The number of phenolic OH excluding ortho intramolecular Hbond substituents is 1. The van der Waals surface area contributed by atoms with Crippen molar-refractivity contribution in [3.63, 3.8) is 0 Å². The van der Waals surface area contributed by atoms with Crippen LogP contribution in [0, 0.1) is 20.8 Å². The van der Waals surface area contributed by atoms with Gasteiger partial charge in [0.1, 0.15) is 11.5 Å². The summed E-state index contributed by atoms with van der Waals surface area (Å²) in [5.41, 5.74) is 3.71. The first kappa shape index (κ1) is 17.3. The number of fused-ring (bicyclic) bond motifs is 1. The lowest BCUT2D eigenvalue weighted by Crippen LogP contribution is -2.51. The second-order valence-corrected chi connectivity index (χ2v) is 6.98. The van der Waals surface area contributed by atoms with Crippen molar-refractivity contribution in [3.8, 4) is 11.5 Å². The Kier molecular flexibility index (Phi) is 4.45. The molecule has 25 heavy (non-hydrogen) atoms. The highest BCUT2D eigenvalue weighted by Crippen LogP contribution is 2.43. The van der Waals surface area contributed by atoms with Crippen molar-refractivity contribution in [2.75, 3.05) is 6.54 Å². The third-order valence-corrected chi connectivity index (χ3v) is 5.25. The van der Waals surface area contributed by atoms with Crippen LogP contribution in [0.25, 0.3) is 0 Å². The third kappa shape index (κ3) is 3.08. The fraction of sp³-hybridized carbons (Fsp3) is 0.474. The van der Waals surface area contributed by atoms with Crippen molar-refractivity contribution in [1.82, 2.24) is 15.5 Å². The molecule has 0 saturated heterocycles. The molecule has 1 unspecified atom stereocenters. The van der Waals surface area contributed by atoms with Crippen LogP contribution in [-0.2, 0) is 17.6 Å². The van der Waals surface area contributed by atoms with Gasteiger partial charge in [0.15, 0.2) is 5.60 Å². The molecule has 1 aliphatic rings. The Balaban J connectivity index is 1.75. The smallest absolute Gasteiger partial charge is 0.263 e. The Morgan fingerprint density at radius 3 is 2.80 bits per heavy atom. The molecule has 6 nitrogen and oxygen atoms in total. The lowest BCUT2D eigenvalue weighted by Gasteiger charge is -2.36. The second-order valence-electron chi connectivity index (χ2n) is 6.98. The maximum absolute atomic E-state index is 12.7. The Bertz CT molecular complexity index is 799. The minimum absolute atomic E-state index is 0.107. The molecule has 0 bridgehead atoms. The number of hydrogen-bond acceptors (Lipinski definition) is 4. The molecule has 3 N–H and O–H groups in total. The van der Waals surface area contributed by atoms with Gasteiger partial charge in [-0.3, -0.25) is 9.89 Å². The highest BCUT2D eigenvalue weighted by molar-refractivity contribution is 5.85. The lowest BCUT2D eigenvalue weighted by molar-refractivity contribution is -0.136. The topological polar surface area (TPSA) is 87.2 Å². The van der Waals surface area contributed by atoms with Gasteiger partial charge < -0.3 is 15.2 Å². The Morgan fingerprint density at radius 1 is 1.36 bits per heavy atom. The van der Waals surface area contributed by atoms with Crippen LogP contribution in [0.1, 0.15) is 41.2 Å². The molecule has 2 aromatic rings. The number of amides is 1. The summed E-state index contributed by atoms with van der Waals surface area (Å²) < 4.78 is 6.17. The van der Waals surface area contributed by atoms with Crippen molar-refractivity contribution in [2.24, 2.45) is 0 Å². The van der Waals surface area contributed by atoms with Crippen LogP contribution >= 0.6 is 0 Å². The van der Waals surface area contributed by atoms with E-state index >= 15 is 0 Å². The van der Waals surface area contributed by atoms with Gasteiger partial charge in [-0.2, -0.15) is 5.10 Å². The number of aromatic hydroxyl groups is 1. The standard InChI is InChI=1S/C19H25N3O3/c1-11-12(2)17-15(13(3)16(11)23)5-7-19(4,25-17)18(24)20-8-6-14-9-21-22-10-14/h9-10,23H,5-8H2,1-4H3,(H,20,24)(H,21,22). The van der Waals surface area contributed by atoms with Crippen LogP contribution < -0.4 is 10.1 Å². The van der Waals surface area contributed by atoms with Crippen molar-refractivity contribution in [3.05, 3.63) is 40.2 Å². The number of aromatic nitrogens is 2. The number of ether oxygens (including phenoxy) is 1. The van der Waals surface area contributed by atoms with Crippen LogP contribution in [0.5, 0.6) is 11.5 Å². The fourth-order valence-electron chi connectivity index (χ4n) is 3.33. The van der Waals surface area contributed by atoms with Gasteiger partial charge in [-0.25, -0.2) is 0 Å². The number of nitrogens with one attached hydrogen (secondary N) is 2. The SMILES string of the molecule is Cc1c(C)c2c(c(C)c1O)CCC(C)(C(=O)NCCc1cn[nH]c1)O2. The molecule has 1 aromatic carbocycles. The fourth-order valence-corrected chi connectivity index (χ4v) is 3.33. The number of carbonyl (C=O) groups excluding carboxylic acids is 1. The number of aromatic amines is 1. The number of H-pyrrole nitrogens is 1. The molecule has 0 spiro atoms. The lowest BCUT2D eigenvalue weighted by atomic mass is 9.86. The zero-order valence-corrected chi connectivity index (χ0v) is 15.2. The molecule has 6 heteroatoms. The summed E-state index contributed by atoms with van der Waals surface area (Å²) in [6, 6.07) is 0. The van der Waals surface area contributed by atoms with Crippen molar-refractivity contribution < 1.29 is 14.6 Å². The zero-order valence-electron chi connectivity index (χ0n) is 15.2. The Morgan fingerprint density at radius 2 is 2.12 bits per heavy atom. The van der Waals surface area contributed by atoms with Crippen LogP contribution in [0.15, 0.2) is 12.4 Å². The van der Waals surface area contributed by atoms with Gasteiger partial charge >= 0.3 is 0 Å². The summed E-state index contributed by atoms with van der Waals surface area (Å²) in [6.07, 6.45) is 5.59. The van der Waals surface area contributed by atoms with Gasteiger partial charge in [-0.1, -0.05) is 0 Å². The van der Waals surface area contributed by atoms with Gasteiger partial charge in [-0.05, 0) is 62.8 Å². The Hall–Kier alpha value is -2.50. The summed E-state index contributed by atoms with van der Waals surface area (Å²) in [5, 5.41) is 19.9. The molecule has 1 amide bonds. The van der Waals surface area contributed by atoms with E-state index in [1.54, 1.807) is 6.20 Å². The van der Waals surface area contributed by atoms with E-state index in [-0.39, 0.29) is 5.91 Å². The number of nitrogens with zero attached hydrogens (tertiary/aromatic N) is 1. The summed E-state index contributed by atoms with van der Waals surface area (Å²) in [6.45, 7) is 8.07. The van der Waals surface area contributed by atoms with Gasteiger partial charge in [-0.15, -0.1) is 0 Å². The molecule has 1 atom stereocenters. The predicted octanol–water partition coefficient (Wildman–Crippen LogP) is 2.48. The number of carbonyl (C=O) groups is 1. The highest BCUT2D eigenvalue weighted by Gasteiger charge is 2.40. The molecule has 0 saturated carbocycles. The minimum Gasteiger partial charge on any atom is -0.507 e.